The topological polar surface area (TPSA) is 86.6 Å². The highest BCUT2D eigenvalue weighted by molar-refractivity contribution is 6.06. The standard InChI is InChI=1S/C16H23NO4/c1-9(2)12(7-8-18)17-15(19)13-10(3)5-6-11(4)14(13)16(20)21/h5-6,9,12,18H,7-8H2,1-4H3,(H,17,19)(H,20,21). The molecule has 1 aromatic carbocycles. The summed E-state index contributed by atoms with van der Waals surface area (Å²) in [5, 5.41) is 21.2. The van der Waals surface area contributed by atoms with Gasteiger partial charge in [0, 0.05) is 12.6 Å². The highest BCUT2D eigenvalue weighted by Crippen LogP contribution is 2.19. The fraction of sp³-hybridized carbons (Fsp3) is 0.500. The van der Waals surface area contributed by atoms with E-state index in [1.54, 1.807) is 26.0 Å². The molecule has 0 aliphatic carbocycles. The van der Waals surface area contributed by atoms with Gasteiger partial charge in [0.15, 0.2) is 0 Å². The van der Waals surface area contributed by atoms with Crippen LogP contribution in [0.1, 0.15) is 52.1 Å². The second-order valence-corrected chi connectivity index (χ2v) is 5.59. The summed E-state index contributed by atoms with van der Waals surface area (Å²) in [4.78, 5) is 23.9. The normalized spacial score (nSPS) is 12.3. The summed E-state index contributed by atoms with van der Waals surface area (Å²) < 4.78 is 0. The van der Waals surface area contributed by atoms with Gasteiger partial charge in [-0.1, -0.05) is 26.0 Å². The van der Waals surface area contributed by atoms with Crippen molar-refractivity contribution in [2.24, 2.45) is 5.92 Å². The first kappa shape index (κ1) is 17.2. The Kier molecular flexibility index (Phi) is 5.90. The quantitative estimate of drug-likeness (QED) is 0.750. The molecule has 21 heavy (non-hydrogen) atoms. The molecule has 5 heteroatoms. The molecule has 0 aliphatic rings. The second kappa shape index (κ2) is 7.22. The maximum Gasteiger partial charge on any atom is 0.336 e. The van der Waals surface area contributed by atoms with Crippen molar-refractivity contribution < 1.29 is 19.8 Å². The molecule has 0 aromatic heterocycles. The van der Waals surface area contributed by atoms with Gasteiger partial charge < -0.3 is 15.5 Å². The number of nitrogens with one attached hydrogen (secondary N) is 1. The highest BCUT2D eigenvalue weighted by Gasteiger charge is 2.24. The SMILES string of the molecule is Cc1ccc(C)c(C(=O)NC(CCO)C(C)C)c1C(=O)O. The molecule has 0 saturated heterocycles. The van der Waals surface area contributed by atoms with E-state index in [1.165, 1.54) is 0 Å². The number of carboxylic acids is 1. The van der Waals surface area contributed by atoms with E-state index in [2.05, 4.69) is 5.32 Å². The van der Waals surface area contributed by atoms with Crippen LogP contribution in [-0.2, 0) is 0 Å². The van der Waals surface area contributed by atoms with Crippen LogP contribution in [-0.4, -0.2) is 34.7 Å². The van der Waals surface area contributed by atoms with Crippen molar-refractivity contribution in [3.63, 3.8) is 0 Å². The molecule has 1 rings (SSSR count). The minimum Gasteiger partial charge on any atom is -0.478 e. The fourth-order valence-electron chi connectivity index (χ4n) is 2.33. The summed E-state index contributed by atoms with van der Waals surface area (Å²) in [5.74, 6) is -1.36. The number of rotatable bonds is 6. The van der Waals surface area contributed by atoms with Gasteiger partial charge in [0.2, 0.25) is 0 Å². The second-order valence-electron chi connectivity index (χ2n) is 5.59. The van der Waals surface area contributed by atoms with E-state index >= 15 is 0 Å². The molecule has 1 atom stereocenters. The Bertz CT molecular complexity index is 537. The number of carbonyl (C=O) groups is 2. The lowest BCUT2D eigenvalue weighted by atomic mass is 9.95. The maximum atomic E-state index is 12.5. The lowest BCUT2D eigenvalue weighted by molar-refractivity contribution is 0.0688. The van der Waals surface area contributed by atoms with Crippen molar-refractivity contribution in [3.05, 3.63) is 34.4 Å². The first-order valence-corrected chi connectivity index (χ1v) is 7.04. The number of aliphatic hydroxyl groups is 1. The number of aryl methyl sites for hydroxylation is 2. The molecule has 0 radical (unpaired) electrons. The predicted octanol–water partition coefficient (Wildman–Crippen LogP) is 2.14. The summed E-state index contributed by atoms with van der Waals surface area (Å²) in [6.45, 7) is 7.26. The number of aliphatic hydroxyl groups excluding tert-OH is 1. The summed E-state index contributed by atoms with van der Waals surface area (Å²) in [6.07, 6.45) is 0.441. The van der Waals surface area contributed by atoms with Gasteiger partial charge in [0.25, 0.3) is 5.91 Å². The molecule has 1 unspecified atom stereocenters. The van der Waals surface area contributed by atoms with Gasteiger partial charge in [-0.15, -0.1) is 0 Å². The number of aromatic carboxylic acids is 1. The Hall–Kier alpha value is -1.88. The number of hydrogen-bond acceptors (Lipinski definition) is 3. The highest BCUT2D eigenvalue weighted by atomic mass is 16.4. The first-order chi connectivity index (χ1) is 9.79. The van der Waals surface area contributed by atoms with Crippen molar-refractivity contribution in [2.45, 2.75) is 40.2 Å². The zero-order valence-corrected chi connectivity index (χ0v) is 12.9. The van der Waals surface area contributed by atoms with Gasteiger partial charge >= 0.3 is 5.97 Å². The monoisotopic (exact) mass is 293 g/mol. The predicted molar refractivity (Wildman–Crippen MR) is 80.7 cm³/mol. The van der Waals surface area contributed by atoms with Crippen LogP contribution in [0.3, 0.4) is 0 Å². The van der Waals surface area contributed by atoms with Gasteiger partial charge in [-0.3, -0.25) is 4.79 Å². The van der Waals surface area contributed by atoms with Gasteiger partial charge in [0.05, 0.1) is 11.1 Å². The number of carbonyl (C=O) groups excluding carboxylic acids is 1. The van der Waals surface area contributed by atoms with E-state index < -0.39 is 11.9 Å². The van der Waals surface area contributed by atoms with Crippen molar-refractivity contribution in [1.82, 2.24) is 5.32 Å². The average molecular weight is 293 g/mol. The molecule has 0 heterocycles. The number of hydrogen-bond donors (Lipinski definition) is 3. The van der Waals surface area contributed by atoms with Crippen LogP contribution in [0.4, 0.5) is 0 Å². The molecular formula is C16H23NO4. The molecule has 5 nitrogen and oxygen atoms in total. The molecule has 3 N–H and O–H groups in total. The zero-order valence-electron chi connectivity index (χ0n) is 12.9. The van der Waals surface area contributed by atoms with E-state index in [0.29, 0.717) is 17.5 Å². The molecule has 0 saturated carbocycles. The third-order valence-corrected chi connectivity index (χ3v) is 3.62. The van der Waals surface area contributed by atoms with E-state index in [0.717, 1.165) is 0 Å². The van der Waals surface area contributed by atoms with E-state index in [1.807, 2.05) is 13.8 Å². The minimum absolute atomic E-state index is 0.0261. The summed E-state index contributed by atoms with van der Waals surface area (Å²) in [6, 6.07) is 3.25. The van der Waals surface area contributed by atoms with Crippen LogP contribution in [0, 0.1) is 19.8 Å². The largest absolute Gasteiger partial charge is 0.478 e. The van der Waals surface area contributed by atoms with Crippen LogP contribution >= 0.6 is 0 Å². The number of amides is 1. The molecule has 0 spiro atoms. The van der Waals surface area contributed by atoms with Crippen LogP contribution in [0.25, 0.3) is 0 Å². The molecular weight excluding hydrogens is 270 g/mol. The lowest BCUT2D eigenvalue weighted by Gasteiger charge is -2.23. The summed E-state index contributed by atoms with van der Waals surface area (Å²) in [7, 11) is 0. The summed E-state index contributed by atoms with van der Waals surface area (Å²) >= 11 is 0. The summed E-state index contributed by atoms with van der Waals surface area (Å²) in [5.41, 5.74) is 1.42. The van der Waals surface area contributed by atoms with Crippen molar-refractivity contribution >= 4 is 11.9 Å². The smallest absolute Gasteiger partial charge is 0.336 e. The van der Waals surface area contributed by atoms with Gasteiger partial charge in [-0.25, -0.2) is 4.79 Å². The van der Waals surface area contributed by atoms with Crippen molar-refractivity contribution in [3.8, 4) is 0 Å². The first-order valence-electron chi connectivity index (χ1n) is 7.04. The van der Waals surface area contributed by atoms with Crippen LogP contribution in [0.15, 0.2) is 12.1 Å². The Morgan fingerprint density at radius 1 is 1.14 bits per heavy atom. The van der Waals surface area contributed by atoms with E-state index in [-0.39, 0.29) is 29.7 Å². The third kappa shape index (κ3) is 4.04. The Balaban J connectivity index is 3.18. The third-order valence-electron chi connectivity index (χ3n) is 3.62. The van der Waals surface area contributed by atoms with Gasteiger partial charge in [-0.2, -0.15) is 0 Å². The Morgan fingerprint density at radius 2 is 1.67 bits per heavy atom. The maximum absolute atomic E-state index is 12.5. The minimum atomic E-state index is -1.11. The van der Waals surface area contributed by atoms with Crippen molar-refractivity contribution in [1.29, 1.82) is 0 Å². The Morgan fingerprint density at radius 3 is 2.10 bits per heavy atom. The molecule has 0 aliphatic heterocycles. The van der Waals surface area contributed by atoms with Gasteiger partial charge in [0.1, 0.15) is 0 Å². The number of benzene rings is 1. The zero-order chi connectivity index (χ0) is 16.2. The van der Waals surface area contributed by atoms with Crippen molar-refractivity contribution in [2.75, 3.05) is 6.61 Å². The fourth-order valence-corrected chi connectivity index (χ4v) is 2.33. The van der Waals surface area contributed by atoms with Crippen LogP contribution < -0.4 is 5.32 Å². The molecule has 0 bridgehead atoms. The van der Waals surface area contributed by atoms with Gasteiger partial charge in [-0.05, 0) is 37.3 Å². The lowest BCUT2D eigenvalue weighted by Crippen LogP contribution is -2.40. The molecule has 116 valence electrons. The Labute approximate surface area is 125 Å². The number of carboxylic acid groups (broad SMARTS) is 1. The molecule has 1 aromatic rings. The van der Waals surface area contributed by atoms with Crippen LogP contribution in [0.5, 0.6) is 0 Å². The molecule has 0 fully saturated rings. The van der Waals surface area contributed by atoms with E-state index in [9.17, 15) is 14.7 Å². The molecule has 1 amide bonds. The van der Waals surface area contributed by atoms with E-state index in [4.69, 9.17) is 5.11 Å². The average Bonchev–Trinajstić information content (AvgIpc) is 2.39. The van der Waals surface area contributed by atoms with Crippen LogP contribution in [0.2, 0.25) is 0 Å².